The van der Waals surface area contributed by atoms with E-state index in [1.54, 1.807) is 13.8 Å². The van der Waals surface area contributed by atoms with E-state index in [4.69, 9.17) is 4.74 Å². The number of aryl methyl sites for hydroxylation is 1. The Bertz CT molecular complexity index is 544. The Kier molecular flexibility index (Phi) is 3.70. The lowest BCUT2D eigenvalue weighted by Gasteiger charge is -2.32. The van der Waals surface area contributed by atoms with Gasteiger partial charge in [-0.05, 0) is 44.0 Å². The number of hydrogen-bond acceptors (Lipinski definition) is 3. The zero-order chi connectivity index (χ0) is 13.3. The van der Waals surface area contributed by atoms with Crippen LogP contribution in [-0.4, -0.2) is 32.1 Å². The standard InChI is InChI=1S/C12H16FNO3S/c1-9-8-11(4-5-12(9)13)18(15,16)14-6-3-7-17-10(14)2/h4-5,8,10H,3,6-7H2,1-2H3. The van der Waals surface area contributed by atoms with E-state index >= 15 is 0 Å². The van der Waals surface area contributed by atoms with E-state index in [-0.39, 0.29) is 4.90 Å². The number of hydrogen-bond donors (Lipinski definition) is 0. The normalized spacial score (nSPS) is 22.1. The predicted octanol–water partition coefficient (Wildman–Crippen LogP) is 1.89. The quantitative estimate of drug-likeness (QED) is 0.826. The van der Waals surface area contributed by atoms with Crippen LogP contribution in [-0.2, 0) is 14.8 Å². The van der Waals surface area contributed by atoms with Gasteiger partial charge in [-0.2, -0.15) is 4.31 Å². The highest BCUT2D eigenvalue weighted by Crippen LogP contribution is 2.23. The number of nitrogens with zero attached hydrogens (tertiary/aromatic N) is 1. The van der Waals surface area contributed by atoms with Crippen LogP contribution in [0.15, 0.2) is 23.1 Å². The summed E-state index contributed by atoms with van der Waals surface area (Å²) >= 11 is 0. The smallest absolute Gasteiger partial charge is 0.245 e. The second-order valence-corrected chi connectivity index (χ2v) is 6.24. The number of ether oxygens (including phenoxy) is 1. The van der Waals surface area contributed by atoms with Crippen molar-refractivity contribution in [3.63, 3.8) is 0 Å². The van der Waals surface area contributed by atoms with Gasteiger partial charge in [0.1, 0.15) is 12.0 Å². The maximum absolute atomic E-state index is 13.2. The zero-order valence-corrected chi connectivity index (χ0v) is 11.2. The Morgan fingerprint density at radius 2 is 2.17 bits per heavy atom. The second kappa shape index (κ2) is 4.95. The summed E-state index contributed by atoms with van der Waals surface area (Å²) in [4.78, 5) is 0.110. The fourth-order valence-corrected chi connectivity index (χ4v) is 3.63. The lowest BCUT2D eigenvalue weighted by atomic mass is 10.2. The van der Waals surface area contributed by atoms with Crippen LogP contribution in [0.2, 0.25) is 0 Å². The predicted molar refractivity (Wildman–Crippen MR) is 65.1 cm³/mol. The number of sulfonamides is 1. The van der Waals surface area contributed by atoms with Crippen LogP contribution in [0.4, 0.5) is 4.39 Å². The average molecular weight is 273 g/mol. The maximum Gasteiger partial charge on any atom is 0.245 e. The third kappa shape index (κ3) is 2.41. The molecule has 0 spiro atoms. The molecule has 1 aromatic carbocycles. The Balaban J connectivity index is 2.37. The molecule has 1 atom stereocenters. The molecule has 1 aromatic rings. The van der Waals surface area contributed by atoms with Crippen LogP contribution < -0.4 is 0 Å². The van der Waals surface area contributed by atoms with E-state index in [2.05, 4.69) is 0 Å². The molecule has 1 saturated heterocycles. The van der Waals surface area contributed by atoms with Gasteiger partial charge in [0.25, 0.3) is 0 Å². The van der Waals surface area contributed by atoms with Gasteiger partial charge >= 0.3 is 0 Å². The van der Waals surface area contributed by atoms with Crippen molar-refractivity contribution in [1.29, 1.82) is 0 Å². The van der Waals surface area contributed by atoms with E-state index in [9.17, 15) is 12.8 Å². The first-order valence-corrected chi connectivity index (χ1v) is 7.26. The number of halogens is 1. The summed E-state index contributed by atoms with van der Waals surface area (Å²) in [6.45, 7) is 4.24. The summed E-state index contributed by atoms with van der Waals surface area (Å²) in [6.07, 6.45) is 0.193. The average Bonchev–Trinajstić information content (AvgIpc) is 2.33. The van der Waals surface area contributed by atoms with Gasteiger partial charge in [0, 0.05) is 13.2 Å². The number of benzene rings is 1. The molecule has 2 rings (SSSR count). The number of rotatable bonds is 2. The van der Waals surface area contributed by atoms with Gasteiger partial charge in [-0.15, -0.1) is 0 Å². The SMILES string of the molecule is Cc1cc(S(=O)(=O)N2CCCOC2C)ccc1F. The molecule has 18 heavy (non-hydrogen) atoms. The molecule has 0 aliphatic carbocycles. The molecule has 0 radical (unpaired) electrons. The summed E-state index contributed by atoms with van der Waals surface area (Å²) in [5, 5.41) is 0. The third-order valence-corrected chi connectivity index (χ3v) is 4.97. The van der Waals surface area contributed by atoms with Crippen molar-refractivity contribution in [3.8, 4) is 0 Å². The van der Waals surface area contributed by atoms with Gasteiger partial charge in [-0.1, -0.05) is 0 Å². The highest BCUT2D eigenvalue weighted by atomic mass is 32.2. The van der Waals surface area contributed by atoms with Crippen molar-refractivity contribution in [2.45, 2.75) is 31.4 Å². The van der Waals surface area contributed by atoms with E-state index in [1.807, 2.05) is 0 Å². The van der Waals surface area contributed by atoms with Gasteiger partial charge in [-0.25, -0.2) is 12.8 Å². The fraction of sp³-hybridized carbons (Fsp3) is 0.500. The third-order valence-electron chi connectivity index (χ3n) is 3.02. The van der Waals surface area contributed by atoms with Gasteiger partial charge in [0.15, 0.2) is 0 Å². The highest BCUT2D eigenvalue weighted by molar-refractivity contribution is 7.89. The molecule has 4 nitrogen and oxygen atoms in total. The van der Waals surface area contributed by atoms with Crippen molar-refractivity contribution in [3.05, 3.63) is 29.6 Å². The molecule has 1 unspecified atom stereocenters. The Hall–Kier alpha value is -0.980. The molecule has 1 fully saturated rings. The molecular weight excluding hydrogens is 257 g/mol. The zero-order valence-electron chi connectivity index (χ0n) is 10.4. The van der Waals surface area contributed by atoms with Crippen LogP contribution in [0.1, 0.15) is 18.9 Å². The Morgan fingerprint density at radius 1 is 1.44 bits per heavy atom. The van der Waals surface area contributed by atoms with Gasteiger partial charge in [0.05, 0.1) is 4.90 Å². The van der Waals surface area contributed by atoms with Crippen LogP contribution in [0.25, 0.3) is 0 Å². The first kappa shape index (κ1) is 13.5. The lowest BCUT2D eigenvalue weighted by molar-refractivity contribution is -0.0410. The molecule has 1 aliphatic heterocycles. The van der Waals surface area contributed by atoms with Crippen molar-refractivity contribution < 1.29 is 17.5 Å². The van der Waals surface area contributed by atoms with Gasteiger partial charge < -0.3 is 4.74 Å². The van der Waals surface area contributed by atoms with Crippen LogP contribution in [0, 0.1) is 12.7 Å². The Labute approximate surface area is 106 Å². The van der Waals surface area contributed by atoms with Gasteiger partial charge in [-0.3, -0.25) is 0 Å². The summed E-state index contributed by atoms with van der Waals surface area (Å²) < 4.78 is 44.6. The van der Waals surface area contributed by atoms with Crippen LogP contribution >= 0.6 is 0 Å². The van der Waals surface area contributed by atoms with Crippen LogP contribution in [0.3, 0.4) is 0 Å². The monoisotopic (exact) mass is 273 g/mol. The molecule has 0 amide bonds. The molecule has 100 valence electrons. The molecule has 1 aliphatic rings. The second-order valence-electron chi connectivity index (χ2n) is 4.35. The van der Waals surface area contributed by atoms with Crippen LogP contribution in [0.5, 0.6) is 0 Å². The molecule has 0 saturated carbocycles. The van der Waals surface area contributed by atoms with E-state index < -0.39 is 22.1 Å². The minimum atomic E-state index is -3.61. The Morgan fingerprint density at radius 3 is 2.78 bits per heavy atom. The highest BCUT2D eigenvalue weighted by Gasteiger charge is 2.31. The molecule has 0 aromatic heterocycles. The van der Waals surface area contributed by atoms with E-state index in [1.165, 1.54) is 22.5 Å². The fourth-order valence-electron chi connectivity index (χ4n) is 1.97. The minimum Gasteiger partial charge on any atom is -0.362 e. The molecule has 6 heteroatoms. The van der Waals surface area contributed by atoms with Crippen molar-refractivity contribution >= 4 is 10.0 Å². The lowest BCUT2D eigenvalue weighted by Crippen LogP contribution is -2.44. The van der Waals surface area contributed by atoms with Gasteiger partial charge in [0.2, 0.25) is 10.0 Å². The van der Waals surface area contributed by atoms with E-state index in [0.717, 1.165) is 0 Å². The summed E-state index contributed by atoms with van der Waals surface area (Å²) in [5.74, 6) is -0.406. The summed E-state index contributed by atoms with van der Waals surface area (Å²) in [6, 6.07) is 3.82. The first-order chi connectivity index (χ1) is 8.43. The van der Waals surface area contributed by atoms with Crippen molar-refractivity contribution in [2.24, 2.45) is 0 Å². The molecule has 0 bridgehead atoms. The summed E-state index contributed by atoms with van der Waals surface area (Å²) in [5.41, 5.74) is 0.321. The maximum atomic E-state index is 13.2. The molecule has 1 heterocycles. The van der Waals surface area contributed by atoms with Crippen molar-refractivity contribution in [2.75, 3.05) is 13.2 Å². The first-order valence-electron chi connectivity index (χ1n) is 5.82. The topological polar surface area (TPSA) is 46.6 Å². The minimum absolute atomic E-state index is 0.110. The van der Waals surface area contributed by atoms with Crippen molar-refractivity contribution in [1.82, 2.24) is 4.31 Å². The largest absolute Gasteiger partial charge is 0.362 e. The molecular formula is C12H16FNO3S. The van der Waals surface area contributed by atoms with E-state index in [0.29, 0.717) is 25.1 Å². The summed E-state index contributed by atoms with van der Waals surface area (Å²) in [7, 11) is -3.61. The molecule has 0 N–H and O–H groups in total.